The fourth-order valence-corrected chi connectivity index (χ4v) is 4.77. The lowest BCUT2D eigenvalue weighted by Crippen LogP contribution is -2.40. The summed E-state index contributed by atoms with van der Waals surface area (Å²) < 4.78 is 21.1. The smallest absolute Gasteiger partial charge is 0.254 e. The van der Waals surface area contributed by atoms with Gasteiger partial charge in [-0.15, -0.1) is 0 Å². The van der Waals surface area contributed by atoms with E-state index in [9.17, 15) is 9.18 Å². The van der Waals surface area contributed by atoms with E-state index >= 15 is 0 Å². The van der Waals surface area contributed by atoms with Crippen molar-refractivity contribution in [1.82, 2.24) is 14.5 Å². The van der Waals surface area contributed by atoms with Crippen LogP contribution in [0.2, 0.25) is 0 Å². The lowest BCUT2D eigenvalue weighted by molar-refractivity contribution is 0.0303. The molecule has 0 saturated carbocycles. The molecule has 6 heteroatoms. The van der Waals surface area contributed by atoms with Gasteiger partial charge in [0.05, 0.1) is 24.2 Å². The summed E-state index contributed by atoms with van der Waals surface area (Å²) in [4.78, 5) is 20.0. The highest BCUT2D eigenvalue weighted by molar-refractivity contribution is 6.00. The molecule has 1 aliphatic heterocycles. The second-order valence-electron chi connectivity index (χ2n) is 8.78. The molecule has 0 spiro atoms. The number of ether oxygens (including phenoxy) is 1. The van der Waals surface area contributed by atoms with Gasteiger partial charge in [-0.1, -0.05) is 54.6 Å². The molecule has 1 amide bonds. The topological polar surface area (TPSA) is 47.4 Å². The Morgan fingerprint density at radius 1 is 0.914 bits per heavy atom. The summed E-state index contributed by atoms with van der Waals surface area (Å²) >= 11 is 0. The zero-order chi connectivity index (χ0) is 23.8. The van der Waals surface area contributed by atoms with Crippen LogP contribution in [0.25, 0.3) is 33.2 Å². The highest BCUT2D eigenvalue weighted by Gasteiger charge is 2.21. The number of aromatic nitrogens is 2. The summed E-state index contributed by atoms with van der Waals surface area (Å²) in [6.07, 6.45) is 0. The zero-order valence-corrected chi connectivity index (χ0v) is 19.2. The first-order chi connectivity index (χ1) is 17.2. The molecular weight excluding hydrogens is 441 g/mol. The van der Waals surface area contributed by atoms with Crippen molar-refractivity contribution in [3.63, 3.8) is 0 Å². The van der Waals surface area contributed by atoms with Crippen LogP contribution in [0.5, 0.6) is 0 Å². The fourth-order valence-electron chi connectivity index (χ4n) is 4.77. The van der Waals surface area contributed by atoms with Gasteiger partial charge >= 0.3 is 0 Å². The van der Waals surface area contributed by atoms with E-state index in [0.717, 1.165) is 38.8 Å². The molecule has 35 heavy (non-hydrogen) atoms. The number of imidazole rings is 1. The van der Waals surface area contributed by atoms with Crippen LogP contribution in [-0.4, -0.2) is 46.7 Å². The Morgan fingerprint density at radius 3 is 2.51 bits per heavy atom. The third-order valence-corrected chi connectivity index (χ3v) is 6.58. The number of halogens is 1. The van der Waals surface area contributed by atoms with Crippen LogP contribution in [0.1, 0.15) is 15.9 Å². The molecule has 1 saturated heterocycles. The zero-order valence-electron chi connectivity index (χ0n) is 19.2. The van der Waals surface area contributed by atoms with Crippen molar-refractivity contribution in [2.24, 2.45) is 0 Å². The minimum Gasteiger partial charge on any atom is -0.378 e. The standard InChI is InChI=1S/C29H24FN3O2/c30-23-11-8-20(9-12-23)19-33-27-13-10-22(29(34)32-14-16-35-17-15-32)18-26(27)31-28(33)25-7-3-5-21-4-1-2-6-24(21)25/h1-13,18H,14-17,19H2. The SMILES string of the molecule is O=C(c1ccc2c(c1)nc(-c1cccc3ccccc13)n2Cc1ccc(F)cc1)N1CCOCC1. The minimum absolute atomic E-state index is 0.00463. The first kappa shape index (κ1) is 21.5. The van der Waals surface area contributed by atoms with Crippen LogP contribution in [0, 0.1) is 5.82 Å². The summed E-state index contributed by atoms with van der Waals surface area (Å²) in [6, 6.07) is 26.7. The van der Waals surface area contributed by atoms with Gasteiger partial charge in [0.15, 0.2) is 0 Å². The quantitative estimate of drug-likeness (QED) is 0.351. The average molecular weight is 466 g/mol. The van der Waals surface area contributed by atoms with E-state index in [1.165, 1.54) is 12.1 Å². The Hall–Kier alpha value is -4.03. The van der Waals surface area contributed by atoms with Gasteiger partial charge in [0, 0.05) is 30.8 Å². The third-order valence-electron chi connectivity index (χ3n) is 6.58. The molecule has 2 heterocycles. The summed E-state index contributed by atoms with van der Waals surface area (Å²) in [7, 11) is 0. The molecule has 174 valence electrons. The minimum atomic E-state index is -0.259. The van der Waals surface area contributed by atoms with Crippen LogP contribution in [0.15, 0.2) is 84.9 Å². The molecule has 0 atom stereocenters. The second kappa shape index (κ2) is 8.96. The molecule has 0 unspecified atom stereocenters. The summed E-state index contributed by atoms with van der Waals surface area (Å²) in [5.41, 5.74) is 4.29. The van der Waals surface area contributed by atoms with Gasteiger partial charge in [-0.05, 0) is 46.7 Å². The number of carbonyl (C=O) groups is 1. The summed E-state index contributed by atoms with van der Waals surface area (Å²) in [6.45, 7) is 2.84. The molecule has 1 fully saturated rings. The van der Waals surface area contributed by atoms with E-state index in [-0.39, 0.29) is 11.7 Å². The Balaban J connectivity index is 1.50. The first-order valence-electron chi connectivity index (χ1n) is 11.8. The molecular formula is C29H24FN3O2. The van der Waals surface area contributed by atoms with Crippen LogP contribution >= 0.6 is 0 Å². The van der Waals surface area contributed by atoms with E-state index in [1.54, 1.807) is 12.1 Å². The fraction of sp³-hybridized carbons (Fsp3) is 0.172. The molecule has 0 aliphatic carbocycles. The average Bonchev–Trinajstić information content (AvgIpc) is 3.27. The van der Waals surface area contributed by atoms with E-state index in [0.29, 0.717) is 38.4 Å². The van der Waals surface area contributed by atoms with Gasteiger partial charge in [0.1, 0.15) is 11.6 Å². The predicted octanol–water partition coefficient (Wildman–Crippen LogP) is 5.52. The first-order valence-corrected chi connectivity index (χ1v) is 11.8. The maximum absolute atomic E-state index is 13.5. The summed E-state index contributed by atoms with van der Waals surface area (Å²) in [5.74, 6) is 0.553. The van der Waals surface area contributed by atoms with Crippen molar-refractivity contribution in [3.8, 4) is 11.4 Å². The van der Waals surface area contributed by atoms with Crippen molar-refractivity contribution in [3.05, 3.63) is 102 Å². The van der Waals surface area contributed by atoms with Crippen LogP contribution in [0.4, 0.5) is 4.39 Å². The van der Waals surface area contributed by atoms with Crippen molar-refractivity contribution in [1.29, 1.82) is 0 Å². The molecule has 0 radical (unpaired) electrons. The predicted molar refractivity (Wildman–Crippen MR) is 135 cm³/mol. The molecule has 5 nitrogen and oxygen atoms in total. The van der Waals surface area contributed by atoms with Crippen LogP contribution in [0.3, 0.4) is 0 Å². The van der Waals surface area contributed by atoms with Crippen molar-refractivity contribution < 1.29 is 13.9 Å². The van der Waals surface area contributed by atoms with Gasteiger partial charge < -0.3 is 14.2 Å². The van der Waals surface area contributed by atoms with Crippen molar-refractivity contribution in [2.75, 3.05) is 26.3 Å². The van der Waals surface area contributed by atoms with Crippen LogP contribution < -0.4 is 0 Å². The van der Waals surface area contributed by atoms with E-state index in [2.05, 4.69) is 28.8 Å². The molecule has 0 bridgehead atoms. The highest BCUT2D eigenvalue weighted by Crippen LogP contribution is 2.32. The molecule has 0 N–H and O–H groups in total. The van der Waals surface area contributed by atoms with Gasteiger partial charge in [0.2, 0.25) is 0 Å². The number of rotatable bonds is 4. The van der Waals surface area contributed by atoms with Crippen LogP contribution in [-0.2, 0) is 11.3 Å². The Morgan fingerprint density at radius 2 is 1.69 bits per heavy atom. The number of carbonyl (C=O) groups excluding carboxylic acids is 1. The number of fused-ring (bicyclic) bond motifs is 2. The Labute approximate surface area is 202 Å². The number of nitrogens with zero attached hydrogens (tertiary/aromatic N) is 3. The number of morpholine rings is 1. The number of benzene rings is 4. The van der Waals surface area contributed by atoms with Crippen molar-refractivity contribution >= 4 is 27.7 Å². The monoisotopic (exact) mass is 465 g/mol. The van der Waals surface area contributed by atoms with Gasteiger partial charge in [0.25, 0.3) is 5.91 Å². The van der Waals surface area contributed by atoms with Crippen molar-refractivity contribution in [2.45, 2.75) is 6.54 Å². The van der Waals surface area contributed by atoms with Gasteiger partial charge in [-0.25, -0.2) is 9.37 Å². The third kappa shape index (κ3) is 4.06. The molecule has 1 aliphatic rings. The second-order valence-corrected chi connectivity index (χ2v) is 8.78. The largest absolute Gasteiger partial charge is 0.378 e. The lowest BCUT2D eigenvalue weighted by Gasteiger charge is -2.26. The Kier molecular flexibility index (Phi) is 5.51. The maximum Gasteiger partial charge on any atom is 0.254 e. The number of hydrogen-bond donors (Lipinski definition) is 0. The molecule has 4 aromatic carbocycles. The molecule has 1 aromatic heterocycles. The van der Waals surface area contributed by atoms with E-state index in [4.69, 9.17) is 9.72 Å². The normalized spacial score (nSPS) is 14.0. The lowest BCUT2D eigenvalue weighted by atomic mass is 10.0. The van der Waals surface area contributed by atoms with Gasteiger partial charge in [-0.3, -0.25) is 4.79 Å². The maximum atomic E-state index is 13.5. The van der Waals surface area contributed by atoms with E-state index in [1.807, 2.05) is 41.3 Å². The number of amides is 1. The number of hydrogen-bond acceptors (Lipinski definition) is 3. The molecule has 6 rings (SSSR count). The Bertz CT molecular complexity index is 1530. The van der Waals surface area contributed by atoms with Gasteiger partial charge in [-0.2, -0.15) is 0 Å². The van der Waals surface area contributed by atoms with E-state index < -0.39 is 0 Å². The highest BCUT2D eigenvalue weighted by atomic mass is 19.1. The summed E-state index contributed by atoms with van der Waals surface area (Å²) in [5, 5.41) is 2.24. The molecule has 5 aromatic rings.